The molecular weight excluding hydrogens is 1280 g/mol. The Labute approximate surface area is 628 Å². The maximum absolute atomic E-state index is 12.9. The fourth-order valence-electron chi connectivity index (χ4n) is 10.9. The van der Waals surface area contributed by atoms with E-state index in [2.05, 4.69) is 208 Å². The number of hydrogen-bond donors (Lipinski definition) is 1. The van der Waals surface area contributed by atoms with Crippen molar-refractivity contribution in [2.24, 2.45) is 0 Å². The normalized spacial score (nSPS) is 14.1. The molecule has 0 saturated carbocycles. The highest BCUT2D eigenvalue weighted by molar-refractivity contribution is 7.47. The van der Waals surface area contributed by atoms with Gasteiger partial charge < -0.3 is 18.9 Å². The number of hydrogen-bond acceptors (Lipinski definition) is 7. The number of unbranched alkanes of at least 4 members (excludes halogenated alkanes) is 28. The molecule has 0 aliphatic heterocycles. The highest BCUT2D eigenvalue weighted by Crippen LogP contribution is 2.43. The molecule has 2 unspecified atom stereocenters. The number of carbonyl (C=O) groups excluding carboxylic acids is 2. The van der Waals surface area contributed by atoms with Gasteiger partial charge in [0.05, 0.1) is 27.7 Å². The van der Waals surface area contributed by atoms with Crippen molar-refractivity contribution in [2.45, 2.75) is 328 Å². The molecular formula is C92H153NO8P+. The lowest BCUT2D eigenvalue weighted by Crippen LogP contribution is -2.37. The topological polar surface area (TPSA) is 108 Å². The van der Waals surface area contributed by atoms with Gasteiger partial charge in [0.15, 0.2) is 6.10 Å². The molecule has 578 valence electrons. The molecule has 0 rings (SSSR count). The minimum Gasteiger partial charge on any atom is -0.462 e. The fourth-order valence-corrected chi connectivity index (χ4v) is 11.7. The molecule has 0 heterocycles. The predicted molar refractivity (Wildman–Crippen MR) is 445 cm³/mol. The van der Waals surface area contributed by atoms with Gasteiger partial charge in [0.2, 0.25) is 0 Å². The van der Waals surface area contributed by atoms with Crippen LogP contribution in [-0.4, -0.2) is 74.9 Å². The Kier molecular flexibility index (Phi) is 75.9. The van der Waals surface area contributed by atoms with Gasteiger partial charge in [-0.2, -0.15) is 0 Å². The Balaban J connectivity index is 4.04. The second-order valence-electron chi connectivity index (χ2n) is 28.0. The first-order valence-electron chi connectivity index (χ1n) is 41.2. The lowest BCUT2D eigenvalue weighted by atomic mass is 10.0. The monoisotopic (exact) mass is 1430 g/mol. The number of esters is 2. The zero-order valence-corrected chi connectivity index (χ0v) is 66.9. The summed E-state index contributed by atoms with van der Waals surface area (Å²) in [6, 6.07) is 0. The summed E-state index contributed by atoms with van der Waals surface area (Å²) >= 11 is 0. The molecule has 9 nitrogen and oxygen atoms in total. The van der Waals surface area contributed by atoms with Crippen LogP contribution in [0.3, 0.4) is 0 Å². The Morgan fingerprint density at radius 1 is 0.304 bits per heavy atom. The molecule has 0 aromatic carbocycles. The van der Waals surface area contributed by atoms with Crippen molar-refractivity contribution in [3.8, 4) is 0 Å². The van der Waals surface area contributed by atoms with Crippen molar-refractivity contribution >= 4 is 19.8 Å². The maximum atomic E-state index is 12.9. The zero-order chi connectivity index (χ0) is 74.0. The van der Waals surface area contributed by atoms with Crippen molar-refractivity contribution < 1.29 is 42.1 Å². The van der Waals surface area contributed by atoms with Gasteiger partial charge in [-0.05, 0) is 141 Å². The number of likely N-dealkylation sites (N-methyl/N-ethyl adjacent to an activating group) is 1. The van der Waals surface area contributed by atoms with Gasteiger partial charge in [0.1, 0.15) is 19.8 Å². The van der Waals surface area contributed by atoms with Gasteiger partial charge in [0.25, 0.3) is 0 Å². The summed E-state index contributed by atoms with van der Waals surface area (Å²) < 4.78 is 34.8. The maximum Gasteiger partial charge on any atom is 0.472 e. The van der Waals surface area contributed by atoms with Crippen LogP contribution >= 0.6 is 7.82 Å². The third kappa shape index (κ3) is 83.8. The van der Waals surface area contributed by atoms with Crippen molar-refractivity contribution in [3.63, 3.8) is 0 Å². The van der Waals surface area contributed by atoms with Crippen LogP contribution in [0.15, 0.2) is 194 Å². The first kappa shape index (κ1) is 96.8. The minimum atomic E-state index is -4.42. The molecule has 0 spiro atoms. The van der Waals surface area contributed by atoms with E-state index in [9.17, 15) is 19.0 Å². The summed E-state index contributed by atoms with van der Waals surface area (Å²) in [6.45, 7) is 4.17. The molecule has 0 aromatic rings. The lowest BCUT2D eigenvalue weighted by Gasteiger charge is -2.24. The average molecular weight is 1430 g/mol. The number of quaternary nitrogens is 1. The summed E-state index contributed by atoms with van der Waals surface area (Å²) in [5.74, 6) is -0.837. The first-order valence-corrected chi connectivity index (χ1v) is 42.7. The van der Waals surface area contributed by atoms with Crippen LogP contribution in [0, 0.1) is 0 Å². The largest absolute Gasteiger partial charge is 0.472 e. The smallest absolute Gasteiger partial charge is 0.462 e. The summed E-state index contributed by atoms with van der Waals surface area (Å²) in [6.07, 6.45) is 124. The summed E-state index contributed by atoms with van der Waals surface area (Å²) in [7, 11) is 1.44. The van der Waals surface area contributed by atoms with Crippen molar-refractivity contribution in [3.05, 3.63) is 194 Å². The third-order valence-electron chi connectivity index (χ3n) is 17.1. The number of allylic oxidation sites excluding steroid dienone is 32. The molecule has 0 saturated heterocycles. The fraction of sp³-hybridized carbons (Fsp3) is 0.630. The van der Waals surface area contributed by atoms with Crippen molar-refractivity contribution in [2.75, 3.05) is 47.5 Å². The molecule has 0 fully saturated rings. The molecule has 0 aromatic heterocycles. The van der Waals surface area contributed by atoms with Gasteiger partial charge in [-0.1, -0.05) is 362 Å². The molecule has 0 aliphatic carbocycles. The van der Waals surface area contributed by atoms with Gasteiger partial charge in [0, 0.05) is 12.8 Å². The Bertz CT molecular complexity index is 2440. The second-order valence-corrected chi connectivity index (χ2v) is 29.5. The molecule has 102 heavy (non-hydrogen) atoms. The SMILES string of the molecule is CC/C=C\C/C=C\C/C=C\C/C=C\C/C=C\C/C=C\C/C=C\C/C=C\C/C=C\C/C=C\C/C=C\CCCCCC(=O)OC(COC(=O)CCCCCCCCCCCCCCCCCCCCCCCCCCC/C=C\C/C=C\C/C=C\C/C=C\C/C=C\CC)COP(=O)(O)OCC[N+](C)(C)C. The highest BCUT2D eigenvalue weighted by Gasteiger charge is 2.27. The van der Waals surface area contributed by atoms with Crippen LogP contribution in [0.2, 0.25) is 0 Å². The van der Waals surface area contributed by atoms with E-state index in [0.29, 0.717) is 17.4 Å². The summed E-state index contributed by atoms with van der Waals surface area (Å²) in [4.78, 5) is 36.0. The first-order chi connectivity index (χ1) is 50.0. The van der Waals surface area contributed by atoms with Crippen LogP contribution < -0.4 is 0 Å². The van der Waals surface area contributed by atoms with E-state index in [1.165, 1.54) is 148 Å². The number of ether oxygens (including phenoxy) is 2. The average Bonchev–Trinajstić information content (AvgIpc) is 0.913. The Morgan fingerprint density at radius 2 is 0.529 bits per heavy atom. The van der Waals surface area contributed by atoms with Crippen LogP contribution in [0.25, 0.3) is 0 Å². The molecule has 2 atom stereocenters. The van der Waals surface area contributed by atoms with E-state index in [-0.39, 0.29) is 32.0 Å². The predicted octanol–water partition coefficient (Wildman–Crippen LogP) is 27.9. The van der Waals surface area contributed by atoms with Gasteiger partial charge in [-0.25, -0.2) is 4.57 Å². The van der Waals surface area contributed by atoms with Crippen LogP contribution in [0.4, 0.5) is 0 Å². The molecule has 0 aliphatic rings. The van der Waals surface area contributed by atoms with Gasteiger partial charge >= 0.3 is 19.8 Å². The number of phosphoric acid groups is 1. The third-order valence-corrected chi connectivity index (χ3v) is 18.1. The quantitative estimate of drug-likeness (QED) is 0.0211. The lowest BCUT2D eigenvalue weighted by molar-refractivity contribution is -0.870. The van der Waals surface area contributed by atoms with Crippen LogP contribution in [0.1, 0.15) is 322 Å². The van der Waals surface area contributed by atoms with E-state index in [1.807, 2.05) is 21.1 Å². The van der Waals surface area contributed by atoms with E-state index < -0.39 is 26.5 Å². The van der Waals surface area contributed by atoms with Crippen molar-refractivity contribution in [1.82, 2.24) is 0 Å². The minimum absolute atomic E-state index is 0.0170. The summed E-state index contributed by atoms with van der Waals surface area (Å²) in [5, 5.41) is 0. The molecule has 0 radical (unpaired) electrons. The second kappa shape index (κ2) is 80.0. The Hall–Kier alpha value is -5.15. The number of carbonyl (C=O) groups is 2. The standard InChI is InChI=1S/C92H152NO8P/c1-6-8-10-12-14-16-18-20-22-24-26-28-30-32-34-36-38-40-42-44-45-46-47-49-50-52-54-56-58-60-62-64-66-68-70-72-74-76-78-80-82-84-91(94)98-88-90(89-100-102(96,97)99-87-86-93(3,4)5)101-92(95)85-83-81-79-77-75-73-71-69-67-65-63-61-59-57-55-53-51-48-43-41-39-37-35-33-31-29-27-25-23-21-19-17-15-13-11-9-7-2/h8-11,14-17,20-23,26-29,32-35,39,41,48,51,55,57,61,63,67,69,73,75,90H,6-7,12-13,18-19,24-25,30-31,36-38,40,42-47,49-50,52-54,56,58-60,62,64-66,68,70-72,74,76-89H2,1-5H3/p+1/b10-8-,11-9-,16-14-,17-15-,22-20-,23-21-,28-26-,29-27-,34-32-,35-33-,41-39-,51-48-,57-55-,63-61-,69-67-,75-73-. The van der Waals surface area contributed by atoms with Crippen molar-refractivity contribution in [1.29, 1.82) is 0 Å². The van der Waals surface area contributed by atoms with E-state index in [0.717, 1.165) is 141 Å². The molecule has 10 heteroatoms. The zero-order valence-electron chi connectivity index (χ0n) is 66.0. The molecule has 0 amide bonds. The number of rotatable bonds is 74. The molecule has 0 bridgehead atoms. The highest BCUT2D eigenvalue weighted by atomic mass is 31.2. The Morgan fingerprint density at radius 3 is 0.794 bits per heavy atom. The van der Waals surface area contributed by atoms with Gasteiger partial charge in [-0.15, -0.1) is 0 Å². The van der Waals surface area contributed by atoms with Gasteiger partial charge in [-0.3, -0.25) is 18.6 Å². The van der Waals surface area contributed by atoms with E-state index >= 15 is 0 Å². The summed E-state index contributed by atoms with van der Waals surface area (Å²) in [5.41, 5.74) is 0. The molecule has 1 N–H and O–H groups in total. The van der Waals surface area contributed by atoms with E-state index in [1.54, 1.807) is 0 Å². The number of nitrogens with zero attached hydrogens (tertiary/aromatic N) is 1. The number of phosphoric ester groups is 1. The van der Waals surface area contributed by atoms with Crippen LogP contribution in [0.5, 0.6) is 0 Å². The van der Waals surface area contributed by atoms with Crippen LogP contribution in [-0.2, 0) is 32.7 Å². The van der Waals surface area contributed by atoms with E-state index in [4.69, 9.17) is 18.5 Å².